The molecule has 0 heterocycles. The first-order valence-electron chi connectivity index (χ1n) is 8.25. The van der Waals surface area contributed by atoms with Crippen LogP contribution in [-0.2, 0) is 21.4 Å². The summed E-state index contributed by atoms with van der Waals surface area (Å²) in [6.07, 6.45) is 0. The standard InChI is InChI=1S/C19H25N3O3S/c1-15-8-5-6-9-16(15)13-22(4)14-19(23)20-17-10-7-11-18(12-17)26(24,25)21(2)3/h5-12H,13-14H2,1-4H3,(H,20,23). The zero-order valence-corrected chi connectivity index (χ0v) is 16.4. The molecule has 0 unspecified atom stereocenters. The SMILES string of the molecule is Cc1ccccc1CN(C)CC(=O)Nc1cccc(S(=O)(=O)N(C)C)c1. The molecule has 26 heavy (non-hydrogen) atoms. The van der Waals surface area contributed by atoms with Crippen LogP contribution in [0.3, 0.4) is 0 Å². The molecule has 0 fully saturated rings. The lowest BCUT2D eigenvalue weighted by molar-refractivity contribution is -0.117. The highest BCUT2D eigenvalue weighted by Gasteiger charge is 2.17. The van der Waals surface area contributed by atoms with Crippen LogP contribution < -0.4 is 5.32 Å². The van der Waals surface area contributed by atoms with Gasteiger partial charge in [-0.25, -0.2) is 12.7 Å². The van der Waals surface area contributed by atoms with Gasteiger partial charge in [-0.15, -0.1) is 0 Å². The minimum absolute atomic E-state index is 0.147. The highest BCUT2D eigenvalue weighted by atomic mass is 32.2. The maximum absolute atomic E-state index is 12.3. The van der Waals surface area contributed by atoms with Crippen LogP contribution in [0, 0.1) is 6.92 Å². The Bertz CT molecular complexity index is 879. The van der Waals surface area contributed by atoms with Crippen molar-refractivity contribution in [1.82, 2.24) is 9.21 Å². The van der Waals surface area contributed by atoms with Gasteiger partial charge in [-0.3, -0.25) is 9.69 Å². The summed E-state index contributed by atoms with van der Waals surface area (Å²) in [6, 6.07) is 14.3. The smallest absolute Gasteiger partial charge is 0.242 e. The summed E-state index contributed by atoms with van der Waals surface area (Å²) in [5.41, 5.74) is 2.81. The molecule has 0 aliphatic heterocycles. The molecule has 2 rings (SSSR count). The van der Waals surface area contributed by atoms with Crippen LogP contribution in [0.4, 0.5) is 5.69 Å². The Morgan fingerprint density at radius 3 is 2.38 bits per heavy atom. The van der Waals surface area contributed by atoms with Gasteiger partial charge in [0.15, 0.2) is 0 Å². The van der Waals surface area contributed by atoms with E-state index >= 15 is 0 Å². The Kier molecular flexibility index (Phi) is 6.52. The number of anilines is 1. The topological polar surface area (TPSA) is 69.7 Å². The zero-order chi connectivity index (χ0) is 19.3. The second kappa shape index (κ2) is 8.44. The van der Waals surface area contributed by atoms with Crippen LogP contribution in [-0.4, -0.2) is 51.2 Å². The number of carbonyl (C=O) groups excluding carboxylic acids is 1. The van der Waals surface area contributed by atoms with Crippen LogP contribution >= 0.6 is 0 Å². The molecular weight excluding hydrogens is 350 g/mol. The van der Waals surface area contributed by atoms with E-state index in [2.05, 4.69) is 5.32 Å². The predicted octanol–water partition coefficient (Wildman–Crippen LogP) is 2.32. The molecule has 140 valence electrons. The van der Waals surface area contributed by atoms with E-state index in [1.165, 1.54) is 37.4 Å². The number of sulfonamides is 1. The molecule has 0 aromatic heterocycles. The molecule has 0 saturated carbocycles. The summed E-state index contributed by atoms with van der Waals surface area (Å²) < 4.78 is 25.5. The van der Waals surface area contributed by atoms with Gasteiger partial charge in [-0.05, 0) is 43.3 Å². The molecule has 2 aromatic rings. The van der Waals surface area contributed by atoms with E-state index in [1.807, 2.05) is 43.1 Å². The molecule has 0 bridgehead atoms. The highest BCUT2D eigenvalue weighted by molar-refractivity contribution is 7.89. The van der Waals surface area contributed by atoms with Gasteiger partial charge in [0.2, 0.25) is 15.9 Å². The molecule has 0 aliphatic carbocycles. The molecule has 6 nitrogen and oxygen atoms in total. The molecule has 1 amide bonds. The number of amides is 1. The molecular formula is C19H25N3O3S. The largest absolute Gasteiger partial charge is 0.325 e. The van der Waals surface area contributed by atoms with Crippen LogP contribution in [0.15, 0.2) is 53.4 Å². The summed E-state index contributed by atoms with van der Waals surface area (Å²) >= 11 is 0. The average Bonchev–Trinajstić information content (AvgIpc) is 2.56. The molecule has 2 aromatic carbocycles. The highest BCUT2D eigenvalue weighted by Crippen LogP contribution is 2.18. The quantitative estimate of drug-likeness (QED) is 0.806. The number of aryl methyl sites for hydroxylation is 1. The van der Waals surface area contributed by atoms with Crippen molar-refractivity contribution < 1.29 is 13.2 Å². The van der Waals surface area contributed by atoms with Crippen LogP contribution in [0.2, 0.25) is 0 Å². The summed E-state index contributed by atoms with van der Waals surface area (Å²) in [5, 5.41) is 2.76. The molecule has 0 aliphatic rings. The monoisotopic (exact) mass is 375 g/mol. The molecule has 0 saturated heterocycles. The van der Waals surface area contributed by atoms with Gasteiger partial charge in [0.05, 0.1) is 11.4 Å². The molecule has 0 radical (unpaired) electrons. The second-order valence-electron chi connectivity index (χ2n) is 6.46. The summed E-state index contributed by atoms with van der Waals surface area (Å²) in [5.74, 6) is -0.194. The van der Waals surface area contributed by atoms with Crippen molar-refractivity contribution in [3.8, 4) is 0 Å². The average molecular weight is 375 g/mol. The maximum Gasteiger partial charge on any atom is 0.242 e. The van der Waals surface area contributed by atoms with Gasteiger partial charge in [0.25, 0.3) is 0 Å². The van der Waals surface area contributed by atoms with E-state index in [0.717, 1.165) is 4.31 Å². The van der Waals surface area contributed by atoms with Crippen LogP contribution in [0.1, 0.15) is 11.1 Å². The van der Waals surface area contributed by atoms with E-state index < -0.39 is 10.0 Å². The number of benzene rings is 2. The van der Waals surface area contributed by atoms with Gasteiger partial charge >= 0.3 is 0 Å². The number of rotatable bonds is 7. The van der Waals surface area contributed by atoms with Crippen molar-refractivity contribution >= 4 is 21.6 Å². The van der Waals surface area contributed by atoms with Gasteiger partial charge in [-0.1, -0.05) is 30.3 Å². The maximum atomic E-state index is 12.3. The van der Waals surface area contributed by atoms with Crippen molar-refractivity contribution in [1.29, 1.82) is 0 Å². The van der Waals surface area contributed by atoms with E-state index in [4.69, 9.17) is 0 Å². The van der Waals surface area contributed by atoms with E-state index in [0.29, 0.717) is 12.2 Å². The minimum Gasteiger partial charge on any atom is -0.325 e. The number of likely N-dealkylation sites (N-methyl/N-ethyl adjacent to an activating group) is 1. The zero-order valence-electron chi connectivity index (χ0n) is 15.6. The fraction of sp³-hybridized carbons (Fsp3) is 0.316. The first-order valence-corrected chi connectivity index (χ1v) is 9.69. The van der Waals surface area contributed by atoms with Gasteiger partial charge in [0, 0.05) is 26.3 Å². The van der Waals surface area contributed by atoms with Crippen molar-refractivity contribution in [2.75, 3.05) is 33.0 Å². The third-order valence-electron chi connectivity index (χ3n) is 4.01. The first-order chi connectivity index (χ1) is 12.2. The van der Waals surface area contributed by atoms with Gasteiger partial charge in [-0.2, -0.15) is 0 Å². The Morgan fingerprint density at radius 2 is 1.73 bits per heavy atom. The molecule has 1 N–H and O–H groups in total. The lowest BCUT2D eigenvalue weighted by Gasteiger charge is -2.18. The van der Waals surface area contributed by atoms with Crippen molar-refractivity contribution in [3.63, 3.8) is 0 Å². The second-order valence-corrected chi connectivity index (χ2v) is 8.61. The number of hydrogen-bond donors (Lipinski definition) is 1. The fourth-order valence-corrected chi connectivity index (χ4v) is 3.47. The van der Waals surface area contributed by atoms with Crippen LogP contribution in [0.25, 0.3) is 0 Å². The van der Waals surface area contributed by atoms with E-state index in [9.17, 15) is 13.2 Å². The summed E-state index contributed by atoms with van der Waals surface area (Å²) in [6.45, 7) is 2.91. The Morgan fingerprint density at radius 1 is 1.04 bits per heavy atom. The Balaban J connectivity index is 2.01. The van der Waals surface area contributed by atoms with Crippen molar-refractivity contribution in [2.45, 2.75) is 18.4 Å². The normalized spacial score (nSPS) is 11.8. The molecule has 0 spiro atoms. The Labute approximate surface area is 155 Å². The van der Waals surface area contributed by atoms with Gasteiger partial charge in [0.1, 0.15) is 0 Å². The predicted molar refractivity (Wildman–Crippen MR) is 103 cm³/mol. The first kappa shape index (κ1) is 20.1. The summed E-state index contributed by atoms with van der Waals surface area (Å²) in [4.78, 5) is 14.3. The minimum atomic E-state index is -3.53. The Hall–Kier alpha value is -2.22. The van der Waals surface area contributed by atoms with Crippen molar-refractivity contribution in [3.05, 3.63) is 59.7 Å². The number of hydrogen-bond acceptors (Lipinski definition) is 4. The number of nitrogens with zero attached hydrogens (tertiary/aromatic N) is 2. The third-order valence-corrected chi connectivity index (χ3v) is 5.82. The van der Waals surface area contributed by atoms with E-state index in [-0.39, 0.29) is 17.3 Å². The fourth-order valence-electron chi connectivity index (χ4n) is 2.52. The summed E-state index contributed by atoms with van der Waals surface area (Å²) in [7, 11) is 1.29. The van der Waals surface area contributed by atoms with Crippen molar-refractivity contribution in [2.24, 2.45) is 0 Å². The van der Waals surface area contributed by atoms with Gasteiger partial charge < -0.3 is 5.32 Å². The lowest BCUT2D eigenvalue weighted by atomic mass is 10.1. The molecule has 0 atom stereocenters. The van der Waals surface area contributed by atoms with E-state index in [1.54, 1.807) is 12.1 Å². The number of carbonyl (C=O) groups is 1. The van der Waals surface area contributed by atoms with Crippen LogP contribution in [0.5, 0.6) is 0 Å². The lowest BCUT2D eigenvalue weighted by Crippen LogP contribution is -2.30. The third kappa shape index (κ3) is 5.14. The molecule has 7 heteroatoms. The number of nitrogens with one attached hydrogen (secondary N) is 1.